The number of sulfonamides is 1. The van der Waals surface area contributed by atoms with Crippen molar-refractivity contribution < 1.29 is 37.4 Å². The number of aliphatic hydroxyl groups excluding tert-OH is 1. The van der Waals surface area contributed by atoms with Crippen LogP contribution >= 0.6 is 0 Å². The quantitative estimate of drug-likeness (QED) is 0.233. The highest BCUT2D eigenvalue weighted by Gasteiger charge is 2.36. The zero-order valence-corrected chi connectivity index (χ0v) is 21.2. The molecule has 1 aromatic carbocycles. The van der Waals surface area contributed by atoms with E-state index in [2.05, 4.69) is 25.1 Å². The molecule has 1 fully saturated rings. The van der Waals surface area contributed by atoms with Gasteiger partial charge in [0.15, 0.2) is 0 Å². The summed E-state index contributed by atoms with van der Waals surface area (Å²) in [5.41, 5.74) is 0.642. The van der Waals surface area contributed by atoms with Gasteiger partial charge in [-0.15, -0.1) is 0 Å². The number of hydrogen-bond donors (Lipinski definition) is 4. The molecule has 3 heterocycles. The summed E-state index contributed by atoms with van der Waals surface area (Å²) in [7, 11) is -3.53. The molecule has 2 aliphatic heterocycles. The molecule has 0 aliphatic carbocycles. The number of esters is 1. The summed E-state index contributed by atoms with van der Waals surface area (Å²) < 4.78 is 30.2. The van der Waals surface area contributed by atoms with Crippen LogP contribution in [0.15, 0.2) is 48.2 Å². The molecule has 3 amide bonds. The first-order valence-electron chi connectivity index (χ1n) is 11.7. The fraction of sp³-hybridized carbons (Fsp3) is 0.375. The SMILES string of the molecule is CS(=O)(=O)NCC1=CCC(NC(=O)c2nccc3ccccc23)C(=O)N(CC(=O)NC2CC(=O)OC2O)C1. The van der Waals surface area contributed by atoms with E-state index in [1.165, 1.54) is 11.1 Å². The maximum absolute atomic E-state index is 13.4. The molecule has 202 valence electrons. The Morgan fingerprint density at radius 3 is 2.66 bits per heavy atom. The van der Waals surface area contributed by atoms with E-state index in [4.69, 9.17) is 0 Å². The van der Waals surface area contributed by atoms with Crippen LogP contribution in [-0.4, -0.2) is 91.4 Å². The maximum Gasteiger partial charge on any atom is 0.310 e. The molecule has 4 rings (SSSR count). The smallest absolute Gasteiger partial charge is 0.310 e. The molecule has 1 aromatic heterocycles. The predicted molar refractivity (Wildman–Crippen MR) is 134 cm³/mol. The van der Waals surface area contributed by atoms with Crippen LogP contribution in [0.5, 0.6) is 0 Å². The second-order valence-corrected chi connectivity index (χ2v) is 10.9. The molecule has 2 aliphatic rings. The van der Waals surface area contributed by atoms with Gasteiger partial charge in [0, 0.05) is 24.7 Å². The molecule has 14 heteroatoms. The third-order valence-corrected chi connectivity index (χ3v) is 6.73. The Hall–Kier alpha value is -3.88. The summed E-state index contributed by atoms with van der Waals surface area (Å²) in [6.45, 7) is -0.652. The van der Waals surface area contributed by atoms with Crippen molar-refractivity contribution in [2.24, 2.45) is 0 Å². The zero-order chi connectivity index (χ0) is 27.4. The Bertz CT molecular complexity index is 1400. The molecule has 4 N–H and O–H groups in total. The highest BCUT2D eigenvalue weighted by atomic mass is 32.2. The Morgan fingerprint density at radius 2 is 1.95 bits per heavy atom. The van der Waals surface area contributed by atoms with Gasteiger partial charge in [0.2, 0.25) is 28.1 Å². The van der Waals surface area contributed by atoms with Crippen molar-refractivity contribution in [3.05, 3.63) is 53.9 Å². The Labute approximate surface area is 218 Å². The number of cyclic esters (lactones) is 1. The largest absolute Gasteiger partial charge is 0.434 e. The van der Waals surface area contributed by atoms with E-state index in [1.54, 1.807) is 24.3 Å². The number of fused-ring (bicyclic) bond motifs is 1. The normalized spacial score (nSPS) is 22.0. The van der Waals surface area contributed by atoms with Gasteiger partial charge >= 0.3 is 5.97 Å². The van der Waals surface area contributed by atoms with E-state index in [1.807, 2.05) is 12.1 Å². The average molecular weight is 546 g/mol. The van der Waals surface area contributed by atoms with Crippen molar-refractivity contribution in [1.29, 1.82) is 0 Å². The number of nitrogens with zero attached hydrogens (tertiary/aromatic N) is 2. The number of pyridine rings is 1. The van der Waals surface area contributed by atoms with Crippen LogP contribution in [0.25, 0.3) is 10.8 Å². The van der Waals surface area contributed by atoms with E-state index in [9.17, 15) is 32.7 Å². The number of benzene rings is 1. The summed E-state index contributed by atoms with van der Waals surface area (Å²) in [5.74, 6) is -2.49. The van der Waals surface area contributed by atoms with Gasteiger partial charge in [0.25, 0.3) is 5.91 Å². The van der Waals surface area contributed by atoms with Crippen molar-refractivity contribution in [2.75, 3.05) is 25.9 Å². The molecule has 0 spiro atoms. The molecule has 0 bridgehead atoms. The number of amides is 3. The van der Waals surface area contributed by atoms with Crippen LogP contribution < -0.4 is 15.4 Å². The van der Waals surface area contributed by atoms with Crippen LogP contribution in [-0.2, 0) is 29.1 Å². The van der Waals surface area contributed by atoms with E-state index in [0.717, 1.165) is 11.6 Å². The monoisotopic (exact) mass is 545 g/mol. The average Bonchev–Trinajstić information content (AvgIpc) is 3.10. The minimum Gasteiger partial charge on any atom is -0.434 e. The van der Waals surface area contributed by atoms with Gasteiger partial charge in [-0.1, -0.05) is 30.3 Å². The Balaban J connectivity index is 1.53. The lowest BCUT2D eigenvalue weighted by Crippen LogP contribution is -2.52. The lowest BCUT2D eigenvalue weighted by molar-refractivity contribution is -0.155. The van der Waals surface area contributed by atoms with E-state index in [0.29, 0.717) is 11.0 Å². The fourth-order valence-electron chi connectivity index (χ4n) is 4.22. The van der Waals surface area contributed by atoms with Crippen molar-refractivity contribution in [3.8, 4) is 0 Å². The molecule has 2 aromatic rings. The number of carbonyl (C=O) groups is 4. The summed E-state index contributed by atoms with van der Waals surface area (Å²) in [5, 5.41) is 16.3. The summed E-state index contributed by atoms with van der Waals surface area (Å²) in [6.07, 6.45) is 2.46. The first-order chi connectivity index (χ1) is 18.0. The lowest BCUT2D eigenvalue weighted by Gasteiger charge is -2.26. The van der Waals surface area contributed by atoms with Gasteiger partial charge in [-0.3, -0.25) is 24.2 Å². The van der Waals surface area contributed by atoms with Gasteiger partial charge < -0.3 is 25.4 Å². The van der Waals surface area contributed by atoms with Crippen molar-refractivity contribution in [3.63, 3.8) is 0 Å². The number of aliphatic hydroxyl groups is 1. The van der Waals surface area contributed by atoms with Gasteiger partial charge in [0.1, 0.15) is 17.8 Å². The molecular formula is C24H27N5O8S. The molecule has 38 heavy (non-hydrogen) atoms. The summed E-state index contributed by atoms with van der Waals surface area (Å²) >= 11 is 0. The van der Waals surface area contributed by atoms with Crippen LogP contribution in [0, 0.1) is 0 Å². The first kappa shape index (κ1) is 27.2. The van der Waals surface area contributed by atoms with Gasteiger partial charge in [-0.25, -0.2) is 13.1 Å². The molecule has 3 atom stereocenters. The number of nitrogens with one attached hydrogen (secondary N) is 3. The van der Waals surface area contributed by atoms with Crippen molar-refractivity contribution in [1.82, 2.24) is 25.2 Å². The van der Waals surface area contributed by atoms with Crippen LogP contribution in [0.3, 0.4) is 0 Å². The second-order valence-electron chi connectivity index (χ2n) is 9.05. The fourth-order valence-corrected chi connectivity index (χ4v) is 4.67. The molecule has 0 saturated carbocycles. The molecule has 1 saturated heterocycles. The van der Waals surface area contributed by atoms with E-state index < -0.39 is 58.6 Å². The molecule has 3 unspecified atom stereocenters. The molecule has 13 nitrogen and oxygen atoms in total. The number of hydrogen-bond acceptors (Lipinski definition) is 9. The standard InChI is InChI=1S/C24H27N5O8S/c1-38(35,36)26-11-14-6-7-17(28-22(32)21-16-5-3-2-4-15(16)8-9-25-21)23(33)29(12-14)13-19(30)27-18-10-20(31)37-24(18)34/h2-6,8-9,17-18,24,26,34H,7,10-13H2,1H3,(H,27,30)(H,28,32). The number of rotatable bonds is 8. The van der Waals surface area contributed by atoms with Crippen LogP contribution in [0.2, 0.25) is 0 Å². The van der Waals surface area contributed by atoms with Crippen LogP contribution in [0.1, 0.15) is 23.3 Å². The summed E-state index contributed by atoms with van der Waals surface area (Å²) in [4.78, 5) is 56.0. The van der Waals surface area contributed by atoms with E-state index >= 15 is 0 Å². The van der Waals surface area contributed by atoms with Crippen molar-refractivity contribution >= 4 is 44.5 Å². The second kappa shape index (κ2) is 11.2. The van der Waals surface area contributed by atoms with Crippen LogP contribution in [0.4, 0.5) is 0 Å². The molecular weight excluding hydrogens is 518 g/mol. The predicted octanol–water partition coefficient (Wildman–Crippen LogP) is -1.21. The Kier molecular flexibility index (Phi) is 8.04. The number of ether oxygens (including phenoxy) is 1. The van der Waals surface area contributed by atoms with Crippen molar-refractivity contribution in [2.45, 2.75) is 31.2 Å². The van der Waals surface area contributed by atoms with E-state index in [-0.39, 0.29) is 31.6 Å². The minimum atomic E-state index is -3.53. The highest BCUT2D eigenvalue weighted by molar-refractivity contribution is 7.88. The van der Waals surface area contributed by atoms with Gasteiger partial charge in [-0.05, 0) is 23.4 Å². The number of aromatic nitrogens is 1. The topological polar surface area (TPSA) is 184 Å². The maximum atomic E-state index is 13.4. The van der Waals surface area contributed by atoms with Gasteiger partial charge in [0.05, 0.1) is 19.2 Å². The molecule has 0 radical (unpaired) electrons. The minimum absolute atomic E-state index is 0.0535. The first-order valence-corrected chi connectivity index (χ1v) is 13.6. The zero-order valence-electron chi connectivity index (χ0n) is 20.4. The number of carbonyl (C=O) groups excluding carboxylic acids is 4. The summed E-state index contributed by atoms with van der Waals surface area (Å²) in [6, 6.07) is 6.89. The Morgan fingerprint density at radius 1 is 1.18 bits per heavy atom. The lowest BCUT2D eigenvalue weighted by atomic mass is 10.1. The van der Waals surface area contributed by atoms with Gasteiger partial charge in [-0.2, -0.15) is 0 Å². The third-order valence-electron chi connectivity index (χ3n) is 6.07. The highest BCUT2D eigenvalue weighted by Crippen LogP contribution is 2.18. The third kappa shape index (κ3) is 6.70.